The molecule has 2 aromatic carbocycles. The van der Waals surface area contributed by atoms with Gasteiger partial charge in [0.05, 0.1) is 16.8 Å². The van der Waals surface area contributed by atoms with Crippen LogP contribution < -0.4 is 10.2 Å². The Balaban J connectivity index is 1.55. The molecule has 0 atom stereocenters. The van der Waals surface area contributed by atoms with Crippen molar-refractivity contribution in [3.05, 3.63) is 89.7 Å². The third-order valence-corrected chi connectivity index (χ3v) is 4.12. The molecule has 1 N–H and O–H groups in total. The topological polar surface area (TPSA) is 79.4 Å². The van der Waals surface area contributed by atoms with Gasteiger partial charge in [0.15, 0.2) is 0 Å². The Morgan fingerprint density at radius 3 is 1.96 bits per heavy atom. The van der Waals surface area contributed by atoms with Crippen LogP contribution in [0, 0.1) is 0 Å². The fourth-order valence-corrected chi connectivity index (χ4v) is 2.82. The van der Waals surface area contributed by atoms with Crippen LogP contribution in [0.15, 0.2) is 73.1 Å². The van der Waals surface area contributed by atoms with Crippen LogP contribution in [0.1, 0.15) is 31.1 Å². The fourth-order valence-electron chi connectivity index (χ4n) is 2.82. The Bertz CT molecular complexity index is 979. The van der Waals surface area contributed by atoms with Gasteiger partial charge in [-0.2, -0.15) is 0 Å². The van der Waals surface area contributed by atoms with Crippen molar-refractivity contribution in [3.8, 4) is 0 Å². The summed E-state index contributed by atoms with van der Waals surface area (Å²) in [7, 11) is 0. The van der Waals surface area contributed by atoms with Crippen LogP contribution in [0.2, 0.25) is 0 Å². The Morgan fingerprint density at radius 1 is 0.808 bits per heavy atom. The third kappa shape index (κ3) is 2.63. The van der Waals surface area contributed by atoms with Gasteiger partial charge >= 0.3 is 0 Å². The van der Waals surface area contributed by atoms with Crippen LogP contribution in [-0.4, -0.2) is 22.7 Å². The molecule has 0 aliphatic carbocycles. The van der Waals surface area contributed by atoms with Gasteiger partial charge in [-0.1, -0.05) is 12.1 Å². The standard InChI is InChI=1S/C20H13N3O3/c24-18(13-9-11-21-12-10-13)22-14-5-7-15(8-6-14)23-19(25)16-3-1-2-4-17(16)20(23)26/h1-12H,(H,22,24). The Kier molecular flexibility index (Phi) is 3.78. The number of anilines is 2. The molecule has 4 rings (SSSR count). The molecule has 0 saturated heterocycles. The number of aromatic nitrogens is 1. The normalized spacial score (nSPS) is 12.8. The molecule has 0 radical (unpaired) electrons. The second-order valence-electron chi connectivity index (χ2n) is 5.73. The summed E-state index contributed by atoms with van der Waals surface area (Å²) >= 11 is 0. The molecule has 26 heavy (non-hydrogen) atoms. The highest BCUT2D eigenvalue weighted by Gasteiger charge is 2.36. The second-order valence-corrected chi connectivity index (χ2v) is 5.73. The average Bonchev–Trinajstić information content (AvgIpc) is 2.94. The molecule has 1 aliphatic rings. The molecule has 3 amide bonds. The first-order chi connectivity index (χ1) is 12.6. The van der Waals surface area contributed by atoms with Gasteiger partial charge in [-0.25, -0.2) is 4.90 Å². The lowest BCUT2D eigenvalue weighted by Gasteiger charge is -2.14. The molecule has 6 nitrogen and oxygen atoms in total. The molecule has 6 heteroatoms. The average molecular weight is 343 g/mol. The number of imide groups is 1. The van der Waals surface area contributed by atoms with Crippen molar-refractivity contribution in [1.82, 2.24) is 4.98 Å². The van der Waals surface area contributed by atoms with E-state index in [-0.39, 0.29) is 17.7 Å². The minimum atomic E-state index is -0.348. The molecule has 126 valence electrons. The number of carbonyl (C=O) groups is 3. The van der Waals surface area contributed by atoms with Crippen molar-refractivity contribution < 1.29 is 14.4 Å². The first kappa shape index (κ1) is 15.7. The molecule has 1 aliphatic heterocycles. The minimum absolute atomic E-state index is 0.263. The molecular weight excluding hydrogens is 330 g/mol. The number of fused-ring (bicyclic) bond motifs is 1. The van der Waals surface area contributed by atoms with Gasteiger partial charge in [0.25, 0.3) is 17.7 Å². The zero-order valence-corrected chi connectivity index (χ0v) is 13.5. The van der Waals surface area contributed by atoms with Crippen LogP contribution in [0.5, 0.6) is 0 Å². The molecule has 3 aromatic rings. The fraction of sp³-hybridized carbons (Fsp3) is 0. The van der Waals surface area contributed by atoms with Crippen LogP contribution in [0.4, 0.5) is 11.4 Å². The van der Waals surface area contributed by atoms with E-state index in [1.165, 1.54) is 0 Å². The number of benzene rings is 2. The largest absolute Gasteiger partial charge is 0.322 e. The molecule has 0 unspecified atom stereocenters. The van der Waals surface area contributed by atoms with E-state index in [1.54, 1.807) is 73.1 Å². The van der Waals surface area contributed by atoms with Crippen LogP contribution in [-0.2, 0) is 0 Å². The number of hydrogen-bond donors (Lipinski definition) is 1. The monoisotopic (exact) mass is 343 g/mol. The van der Waals surface area contributed by atoms with Crippen molar-refractivity contribution in [1.29, 1.82) is 0 Å². The van der Waals surface area contributed by atoms with E-state index in [9.17, 15) is 14.4 Å². The van der Waals surface area contributed by atoms with Crippen LogP contribution in [0.25, 0.3) is 0 Å². The number of amides is 3. The van der Waals surface area contributed by atoms with Crippen molar-refractivity contribution in [3.63, 3.8) is 0 Å². The summed E-state index contributed by atoms with van der Waals surface area (Å²) in [6.07, 6.45) is 3.08. The van der Waals surface area contributed by atoms with Gasteiger partial charge in [0, 0.05) is 23.6 Å². The number of carbonyl (C=O) groups excluding carboxylic acids is 3. The minimum Gasteiger partial charge on any atom is -0.322 e. The summed E-state index contributed by atoms with van der Waals surface area (Å²) < 4.78 is 0. The van der Waals surface area contributed by atoms with E-state index in [0.29, 0.717) is 28.1 Å². The smallest absolute Gasteiger partial charge is 0.266 e. The van der Waals surface area contributed by atoms with E-state index in [4.69, 9.17) is 0 Å². The predicted octanol–water partition coefficient (Wildman–Crippen LogP) is 3.13. The Labute approximate surface area is 149 Å². The van der Waals surface area contributed by atoms with E-state index in [0.717, 1.165) is 4.90 Å². The molecule has 0 saturated carbocycles. The molecular formula is C20H13N3O3. The lowest BCUT2D eigenvalue weighted by Crippen LogP contribution is -2.29. The zero-order valence-electron chi connectivity index (χ0n) is 13.5. The van der Waals surface area contributed by atoms with E-state index < -0.39 is 0 Å². The summed E-state index contributed by atoms with van der Waals surface area (Å²) in [4.78, 5) is 42.1. The summed E-state index contributed by atoms with van der Waals surface area (Å²) in [5, 5.41) is 2.76. The maximum absolute atomic E-state index is 12.5. The van der Waals surface area contributed by atoms with Gasteiger partial charge in [-0.05, 0) is 48.5 Å². The van der Waals surface area contributed by atoms with Crippen LogP contribution in [0.3, 0.4) is 0 Å². The SMILES string of the molecule is O=C(Nc1ccc(N2C(=O)c3ccccc3C2=O)cc1)c1ccncc1. The zero-order chi connectivity index (χ0) is 18.1. The lowest BCUT2D eigenvalue weighted by molar-refractivity contribution is 0.0924. The highest BCUT2D eigenvalue weighted by molar-refractivity contribution is 6.34. The number of hydrogen-bond acceptors (Lipinski definition) is 4. The molecule has 0 fully saturated rings. The van der Waals surface area contributed by atoms with Gasteiger partial charge in [0.1, 0.15) is 0 Å². The number of pyridine rings is 1. The maximum atomic E-state index is 12.5. The van der Waals surface area contributed by atoms with Gasteiger partial charge in [-0.3, -0.25) is 19.4 Å². The van der Waals surface area contributed by atoms with Crippen LogP contribution >= 0.6 is 0 Å². The Hall–Kier alpha value is -3.80. The van der Waals surface area contributed by atoms with Crippen molar-refractivity contribution in [2.24, 2.45) is 0 Å². The second kappa shape index (κ2) is 6.25. The number of rotatable bonds is 3. The van der Waals surface area contributed by atoms with Gasteiger partial charge < -0.3 is 5.32 Å². The predicted molar refractivity (Wildman–Crippen MR) is 96.2 cm³/mol. The highest BCUT2D eigenvalue weighted by atomic mass is 16.2. The molecule has 0 bridgehead atoms. The summed E-state index contributed by atoms with van der Waals surface area (Å²) in [6.45, 7) is 0. The third-order valence-electron chi connectivity index (χ3n) is 4.12. The number of nitrogens with zero attached hydrogens (tertiary/aromatic N) is 2. The quantitative estimate of drug-likeness (QED) is 0.741. The van der Waals surface area contributed by atoms with E-state index in [1.807, 2.05) is 0 Å². The summed E-state index contributed by atoms with van der Waals surface area (Å²) in [6, 6.07) is 16.5. The Morgan fingerprint density at radius 2 is 1.38 bits per heavy atom. The van der Waals surface area contributed by atoms with E-state index in [2.05, 4.69) is 10.3 Å². The summed E-state index contributed by atoms with van der Waals surface area (Å²) in [5.41, 5.74) is 2.30. The first-order valence-electron chi connectivity index (χ1n) is 7.94. The first-order valence-corrected chi connectivity index (χ1v) is 7.94. The van der Waals surface area contributed by atoms with Crippen molar-refractivity contribution in [2.75, 3.05) is 10.2 Å². The van der Waals surface area contributed by atoms with Crippen molar-refractivity contribution in [2.45, 2.75) is 0 Å². The van der Waals surface area contributed by atoms with Crippen molar-refractivity contribution >= 4 is 29.1 Å². The number of nitrogens with one attached hydrogen (secondary N) is 1. The molecule has 1 aromatic heterocycles. The molecule has 0 spiro atoms. The lowest BCUT2D eigenvalue weighted by atomic mass is 10.1. The van der Waals surface area contributed by atoms with E-state index >= 15 is 0 Å². The van der Waals surface area contributed by atoms with Gasteiger partial charge in [-0.15, -0.1) is 0 Å². The summed E-state index contributed by atoms with van der Waals surface area (Å²) in [5.74, 6) is -0.959. The highest BCUT2D eigenvalue weighted by Crippen LogP contribution is 2.29. The molecule has 2 heterocycles. The van der Waals surface area contributed by atoms with Gasteiger partial charge in [0.2, 0.25) is 0 Å². The maximum Gasteiger partial charge on any atom is 0.266 e.